The third-order valence-corrected chi connectivity index (χ3v) is 5.40. The highest BCUT2D eigenvalue weighted by Crippen LogP contribution is 2.23. The van der Waals surface area contributed by atoms with Crippen molar-refractivity contribution in [2.24, 2.45) is 0 Å². The van der Waals surface area contributed by atoms with E-state index in [4.69, 9.17) is 0 Å². The number of aryl methyl sites for hydroxylation is 1. The van der Waals surface area contributed by atoms with Crippen LogP contribution >= 0.6 is 12.4 Å². The van der Waals surface area contributed by atoms with E-state index in [9.17, 15) is 12.8 Å². The summed E-state index contributed by atoms with van der Waals surface area (Å²) in [7, 11) is -1.92. The third-order valence-electron chi connectivity index (χ3n) is 3.50. The Kier molecular flexibility index (Phi) is 5.94. The van der Waals surface area contributed by atoms with Gasteiger partial charge in [0.25, 0.3) is 0 Å². The lowest BCUT2D eigenvalue weighted by molar-refractivity contribution is 0.292. The van der Waals surface area contributed by atoms with Gasteiger partial charge >= 0.3 is 0 Å². The standard InChI is InChI=1S/C13H19FN2O2S.ClH/c1-10-5-6-13(12(14)8-10)19(17,18)16-7-3-4-11(9-16)15-2;/h5-6,8,11,15H,3-4,7,9H2,1-2H3;1H. The molecular formula is C13H20ClFN2O2S. The molecule has 1 N–H and O–H groups in total. The second-order valence-electron chi connectivity index (χ2n) is 4.92. The van der Waals surface area contributed by atoms with Crippen LogP contribution in [0.4, 0.5) is 4.39 Å². The molecule has 20 heavy (non-hydrogen) atoms. The Balaban J connectivity index is 0.00000200. The van der Waals surface area contributed by atoms with Gasteiger partial charge < -0.3 is 5.32 Å². The summed E-state index contributed by atoms with van der Waals surface area (Å²) in [5.74, 6) is -0.674. The predicted octanol–water partition coefficient (Wildman–Crippen LogP) is 1.93. The SMILES string of the molecule is CNC1CCCN(S(=O)(=O)c2ccc(C)cc2F)C1.Cl. The molecule has 114 valence electrons. The van der Waals surface area contributed by atoms with Crippen LogP contribution in [-0.2, 0) is 10.0 Å². The molecule has 0 aromatic heterocycles. The van der Waals surface area contributed by atoms with E-state index >= 15 is 0 Å². The van der Waals surface area contributed by atoms with Crippen molar-refractivity contribution in [2.75, 3.05) is 20.1 Å². The summed E-state index contributed by atoms with van der Waals surface area (Å²) in [5, 5.41) is 3.08. The van der Waals surface area contributed by atoms with Gasteiger partial charge in [0, 0.05) is 19.1 Å². The van der Waals surface area contributed by atoms with Gasteiger partial charge in [0.05, 0.1) is 0 Å². The maximum absolute atomic E-state index is 13.9. The van der Waals surface area contributed by atoms with Gasteiger partial charge in [-0.25, -0.2) is 12.8 Å². The molecule has 1 heterocycles. The summed E-state index contributed by atoms with van der Waals surface area (Å²) < 4.78 is 40.1. The first-order valence-corrected chi connectivity index (χ1v) is 7.82. The molecule has 0 amide bonds. The minimum Gasteiger partial charge on any atom is -0.316 e. The number of rotatable bonds is 3. The van der Waals surface area contributed by atoms with Crippen molar-refractivity contribution in [3.63, 3.8) is 0 Å². The predicted molar refractivity (Wildman–Crippen MR) is 79.2 cm³/mol. The molecule has 4 nitrogen and oxygen atoms in total. The second-order valence-corrected chi connectivity index (χ2v) is 6.83. The van der Waals surface area contributed by atoms with Crippen LogP contribution in [-0.4, -0.2) is 38.9 Å². The zero-order valence-corrected chi connectivity index (χ0v) is 13.2. The average Bonchev–Trinajstić information content (AvgIpc) is 2.38. The van der Waals surface area contributed by atoms with Crippen molar-refractivity contribution < 1.29 is 12.8 Å². The number of likely N-dealkylation sites (N-methyl/N-ethyl adjacent to an activating group) is 1. The molecule has 1 aliphatic heterocycles. The van der Waals surface area contributed by atoms with Crippen LogP contribution in [0.1, 0.15) is 18.4 Å². The summed E-state index contributed by atoms with van der Waals surface area (Å²) in [6, 6.07) is 4.36. The Morgan fingerprint density at radius 1 is 1.40 bits per heavy atom. The Morgan fingerprint density at radius 3 is 2.70 bits per heavy atom. The zero-order chi connectivity index (χ0) is 14.0. The fourth-order valence-corrected chi connectivity index (χ4v) is 3.92. The lowest BCUT2D eigenvalue weighted by atomic mass is 10.1. The summed E-state index contributed by atoms with van der Waals surface area (Å²) >= 11 is 0. The van der Waals surface area contributed by atoms with E-state index in [0.717, 1.165) is 12.8 Å². The molecule has 1 aromatic rings. The van der Waals surface area contributed by atoms with Gasteiger partial charge in [0.1, 0.15) is 10.7 Å². The van der Waals surface area contributed by atoms with E-state index in [1.54, 1.807) is 13.0 Å². The third kappa shape index (κ3) is 3.49. The zero-order valence-electron chi connectivity index (χ0n) is 11.6. The number of sulfonamides is 1. The first-order chi connectivity index (χ1) is 8.95. The monoisotopic (exact) mass is 322 g/mol. The summed E-state index contributed by atoms with van der Waals surface area (Å²) in [6.07, 6.45) is 1.73. The molecule has 1 aliphatic rings. The number of hydrogen-bond donors (Lipinski definition) is 1. The highest BCUT2D eigenvalue weighted by atomic mass is 35.5. The van der Waals surface area contributed by atoms with E-state index in [1.807, 2.05) is 7.05 Å². The van der Waals surface area contributed by atoms with Gasteiger partial charge in [-0.05, 0) is 44.5 Å². The van der Waals surface area contributed by atoms with E-state index in [-0.39, 0.29) is 23.3 Å². The molecule has 1 atom stereocenters. The van der Waals surface area contributed by atoms with Gasteiger partial charge in [0.15, 0.2) is 0 Å². The fourth-order valence-electron chi connectivity index (χ4n) is 2.35. The lowest BCUT2D eigenvalue weighted by Crippen LogP contribution is -2.47. The molecule has 1 aromatic carbocycles. The molecule has 7 heteroatoms. The number of hydrogen-bond acceptors (Lipinski definition) is 3. The van der Waals surface area contributed by atoms with Crippen LogP contribution in [0.25, 0.3) is 0 Å². The van der Waals surface area contributed by atoms with Crippen molar-refractivity contribution in [1.82, 2.24) is 9.62 Å². The molecule has 1 unspecified atom stereocenters. The molecular weight excluding hydrogens is 303 g/mol. The number of halogens is 2. The first-order valence-electron chi connectivity index (χ1n) is 6.38. The highest BCUT2D eigenvalue weighted by molar-refractivity contribution is 7.89. The van der Waals surface area contributed by atoms with Gasteiger partial charge in [-0.15, -0.1) is 12.4 Å². The normalized spacial score (nSPS) is 20.4. The van der Waals surface area contributed by atoms with Crippen LogP contribution in [0.15, 0.2) is 23.1 Å². The second kappa shape index (κ2) is 6.85. The largest absolute Gasteiger partial charge is 0.316 e. The first kappa shape index (κ1) is 17.4. The van der Waals surface area contributed by atoms with Crippen LogP contribution in [0.2, 0.25) is 0 Å². The van der Waals surface area contributed by atoms with Crippen molar-refractivity contribution in [1.29, 1.82) is 0 Å². The van der Waals surface area contributed by atoms with Crippen LogP contribution in [0, 0.1) is 12.7 Å². The quantitative estimate of drug-likeness (QED) is 0.925. The Bertz CT molecular complexity index is 565. The van der Waals surface area contributed by atoms with E-state index < -0.39 is 15.8 Å². The topological polar surface area (TPSA) is 49.4 Å². The Labute approximate surface area is 125 Å². The molecule has 0 spiro atoms. The number of nitrogens with zero attached hydrogens (tertiary/aromatic N) is 1. The van der Waals surface area contributed by atoms with E-state index in [0.29, 0.717) is 18.7 Å². The minimum atomic E-state index is -3.73. The van der Waals surface area contributed by atoms with Crippen molar-refractivity contribution in [2.45, 2.75) is 30.7 Å². The molecule has 1 fully saturated rings. The van der Waals surface area contributed by atoms with Crippen LogP contribution in [0.5, 0.6) is 0 Å². The summed E-state index contributed by atoms with van der Waals surface area (Å²) in [4.78, 5) is -0.227. The van der Waals surface area contributed by atoms with Crippen molar-refractivity contribution in [3.8, 4) is 0 Å². The molecule has 0 aliphatic carbocycles. The van der Waals surface area contributed by atoms with Crippen LogP contribution < -0.4 is 5.32 Å². The van der Waals surface area contributed by atoms with Crippen LogP contribution in [0.3, 0.4) is 0 Å². The van der Waals surface area contributed by atoms with Crippen molar-refractivity contribution >= 4 is 22.4 Å². The van der Waals surface area contributed by atoms with E-state index in [1.165, 1.54) is 16.4 Å². The van der Waals surface area contributed by atoms with E-state index in [2.05, 4.69) is 5.32 Å². The van der Waals surface area contributed by atoms with Gasteiger partial charge in [-0.2, -0.15) is 4.31 Å². The molecule has 0 radical (unpaired) electrons. The number of benzene rings is 1. The number of piperidine rings is 1. The smallest absolute Gasteiger partial charge is 0.246 e. The molecule has 1 saturated heterocycles. The maximum Gasteiger partial charge on any atom is 0.246 e. The maximum atomic E-state index is 13.9. The van der Waals surface area contributed by atoms with Gasteiger partial charge in [-0.1, -0.05) is 6.07 Å². The fraction of sp³-hybridized carbons (Fsp3) is 0.538. The number of nitrogens with one attached hydrogen (secondary N) is 1. The van der Waals surface area contributed by atoms with Crippen molar-refractivity contribution in [3.05, 3.63) is 29.6 Å². The molecule has 0 bridgehead atoms. The Morgan fingerprint density at radius 2 is 2.10 bits per heavy atom. The molecule has 0 saturated carbocycles. The average molecular weight is 323 g/mol. The van der Waals surface area contributed by atoms with Gasteiger partial charge in [-0.3, -0.25) is 0 Å². The lowest BCUT2D eigenvalue weighted by Gasteiger charge is -2.31. The summed E-state index contributed by atoms with van der Waals surface area (Å²) in [5.41, 5.74) is 0.711. The Hall–Kier alpha value is -0.690. The minimum absolute atomic E-state index is 0. The highest BCUT2D eigenvalue weighted by Gasteiger charge is 2.31. The van der Waals surface area contributed by atoms with Gasteiger partial charge in [0.2, 0.25) is 10.0 Å². The molecule has 2 rings (SSSR count). The summed E-state index contributed by atoms with van der Waals surface area (Å²) in [6.45, 7) is 2.58.